The number of sulfonamides is 1. The first-order valence-corrected chi connectivity index (χ1v) is 13.3. The van der Waals surface area contributed by atoms with E-state index in [0.29, 0.717) is 23.8 Å². The normalized spacial score (nSPS) is 11.6. The Labute approximate surface area is 214 Å². The molecule has 0 aliphatic carbocycles. The highest BCUT2D eigenvalue weighted by Gasteiger charge is 2.18. The topological polar surface area (TPSA) is 132 Å². The van der Waals surface area contributed by atoms with Crippen LogP contribution in [0.5, 0.6) is 0 Å². The lowest BCUT2D eigenvalue weighted by Gasteiger charge is -2.11. The number of imidazole rings is 1. The number of rotatable bonds is 8. The van der Waals surface area contributed by atoms with Crippen molar-refractivity contribution in [3.63, 3.8) is 0 Å². The Kier molecular flexibility index (Phi) is 7.58. The van der Waals surface area contributed by atoms with Gasteiger partial charge in [-0.15, -0.1) is 0 Å². The number of pyridine rings is 1. The molecule has 4 rings (SSSR count). The summed E-state index contributed by atoms with van der Waals surface area (Å²) in [5.74, 6) is 0.882. The average Bonchev–Trinajstić information content (AvgIpc) is 3.23. The van der Waals surface area contributed by atoms with Crippen molar-refractivity contribution in [2.45, 2.75) is 38.1 Å². The van der Waals surface area contributed by atoms with Gasteiger partial charge in [0.05, 0.1) is 4.90 Å². The molecule has 188 valence electrons. The van der Waals surface area contributed by atoms with Crippen LogP contribution in [-0.4, -0.2) is 35.5 Å². The van der Waals surface area contributed by atoms with Crippen LogP contribution in [-0.2, 0) is 29.4 Å². The molecule has 2 amide bonds. The van der Waals surface area contributed by atoms with E-state index in [1.54, 1.807) is 18.2 Å². The Morgan fingerprint density at radius 3 is 2.36 bits per heavy atom. The van der Waals surface area contributed by atoms with Crippen molar-refractivity contribution in [1.82, 2.24) is 24.6 Å². The summed E-state index contributed by atoms with van der Waals surface area (Å²) in [6.45, 7) is 4.56. The Bertz CT molecular complexity index is 1500. The first kappa shape index (κ1) is 25.6. The largest absolute Gasteiger partial charge is 0.337 e. The van der Waals surface area contributed by atoms with Crippen molar-refractivity contribution < 1.29 is 13.2 Å². The molecule has 4 aromatic rings. The lowest BCUT2D eigenvalue weighted by atomic mass is 10.1. The third-order valence-corrected chi connectivity index (χ3v) is 7.29. The number of hydrogen-bond donors (Lipinski definition) is 3. The molecule has 0 saturated carbocycles. The highest BCUT2D eigenvalue weighted by molar-refractivity contribution is 7.90. The number of carbonyl (C=O) groups excluding carboxylic acids is 1. The number of amides is 2. The van der Waals surface area contributed by atoms with Crippen molar-refractivity contribution in [2.75, 3.05) is 6.54 Å². The second-order valence-corrected chi connectivity index (χ2v) is 10.3. The van der Waals surface area contributed by atoms with E-state index in [-0.39, 0.29) is 11.4 Å². The monoisotopic (exact) mass is 526 g/mol. The molecule has 36 heavy (non-hydrogen) atoms. The summed E-state index contributed by atoms with van der Waals surface area (Å²) in [6.07, 6.45) is 1.25. The molecular weight excluding hydrogens is 500 g/mol. The van der Waals surface area contributed by atoms with E-state index in [2.05, 4.69) is 10.3 Å². The summed E-state index contributed by atoms with van der Waals surface area (Å²) in [4.78, 5) is 21.4. The quantitative estimate of drug-likeness (QED) is 0.300. The van der Waals surface area contributed by atoms with Gasteiger partial charge in [-0.2, -0.15) is 0 Å². The predicted molar refractivity (Wildman–Crippen MR) is 140 cm³/mol. The maximum Gasteiger partial charge on any atom is 0.328 e. The molecule has 0 bridgehead atoms. The molecule has 9 nitrogen and oxygen atoms in total. The van der Waals surface area contributed by atoms with Gasteiger partial charge in [0.1, 0.15) is 16.5 Å². The number of nitrogens with zero attached hydrogens (tertiary/aromatic N) is 3. The van der Waals surface area contributed by atoms with Gasteiger partial charge in [-0.1, -0.05) is 42.8 Å². The van der Waals surface area contributed by atoms with E-state index < -0.39 is 16.1 Å². The van der Waals surface area contributed by atoms with Crippen LogP contribution in [0.1, 0.15) is 29.4 Å². The zero-order valence-corrected chi connectivity index (χ0v) is 21.5. The van der Waals surface area contributed by atoms with Crippen LogP contribution in [0.3, 0.4) is 0 Å². The van der Waals surface area contributed by atoms with Gasteiger partial charge in [-0.05, 0) is 60.4 Å². The maximum absolute atomic E-state index is 12.4. The van der Waals surface area contributed by atoms with E-state index >= 15 is 0 Å². The molecule has 11 heteroatoms. The SMILES string of the molecule is CCc1nc2c(C)cc(Cl)nc2n1-c1ccc(CCNC(=O)NS(=O)(=O)c2ccc(CN)cc2)cc1. The summed E-state index contributed by atoms with van der Waals surface area (Å²) in [5, 5.41) is 3.00. The fraction of sp³-hybridized carbons (Fsp3) is 0.240. The summed E-state index contributed by atoms with van der Waals surface area (Å²) >= 11 is 6.20. The first-order chi connectivity index (χ1) is 17.2. The van der Waals surface area contributed by atoms with Crippen LogP contribution in [0.25, 0.3) is 16.9 Å². The number of nitrogens with two attached hydrogens (primary N) is 1. The van der Waals surface area contributed by atoms with Gasteiger partial charge in [0.2, 0.25) is 0 Å². The van der Waals surface area contributed by atoms with Gasteiger partial charge < -0.3 is 11.1 Å². The number of nitrogens with one attached hydrogen (secondary N) is 2. The van der Waals surface area contributed by atoms with Crippen molar-refractivity contribution >= 4 is 38.8 Å². The van der Waals surface area contributed by atoms with Crippen molar-refractivity contribution in [1.29, 1.82) is 0 Å². The van der Waals surface area contributed by atoms with Crippen LogP contribution >= 0.6 is 11.6 Å². The Hall–Kier alpha value is -3.47. The molecule has 0 atom stereocenters. The zero-order valence-electron chi connectivity index (χ0n) is 20.0. The fourth-order valence-electron chi connectivity index (χ4n) is 3.87. The molecule has 0 saturated heterocycles. The molecule has 2 heterocycles. The maximum atomic E-state index is 12.4. The lowest BCUT2D eigenvalue weighted by Crippen LogP contribution is -2.40. The van der Waals surface area contributed by atoms with E-state index in [0.717, 1.165) is 40.1 Å². The molecular formula is C25H27ClN6O3S. The minimum Gasteiger partial charge on any atom is -0.337 e. The number of fused-ring (bicyclic) bond motifs is 1. The van der Waals surface area contributed by atoms with Crippen LogP contribution in [0, 0.1) is 6.92 Å². The van der Waals surface area contributed by atoms with E-state index in [1.165, 1.54) is 12.1 Å². The van der Waals surface area contributed by atoms with E-state index in [1.807, 2.05) is 47.4 Å². The minimum atomic E-state index is -3.97. The number of urea groups is 1. The number of aromatic nitrogens is 3. The molecule has 0 aliphatic rings. The Balaban J connectivity index is 1.39. The molecule has 4 N–H and O–H groups in total. The van der Waals surface area contributed by atoms with Crippen molar-refractivity contribution in [3.8, 4) is 5.69 Å². The molecule has 2 aromatic heterocycles. The van der Waals surface area contributed by atoms with Crippen LogP contribution in [0.15, 0.2) is 59.5 Å². The van der Waals surface area contributed by atoms with Crippen molar-refractivity contribution in [3.05, 3.63) is 82.3 Å². The molecule has 0 fully saturated rings. The highest BCUT2D eigenvalue weighted by Crippen LogP contribution is 2.25. The number of benzene rings is 2. The fourth-order valence-corrected chi connectivity index (χ4v) is 5.04. The van der Waals surface area contributed by atoms with Gasteiger partial charge in [0.25, 0.3) is 10.0 Å². The smallest absolute Gasteiger partial charge is 0.328 e. The number of carbonyl (C=O) groups is 1. The van der Waals surface area contributed by atoms with Crippen LogP contribution < -0.4 is 15.8 Å². The number of halogens is 1. The standard InChI is InChI=1S/C25H27ClN6O3S/c1-3-22-30-23-16(2)14-21(26)29-24(23)32(22)19-8-4-17(5-9-19)12-13-28-25(33)31-36(34,35)20-10-6-18(15-27)7-11-20/h4-11,14H,3,12-13,15,27H2,1-2H3,(H2,28,31,33). The second kappa shape index (κ2) is 10.7. The molecule has 0 spiro atoms. The highest BCUT2D eigenvalue weighted by atomic mass is 35.5. The van der Waals surface area contributed by atoms with Crippen molar-refractivity contribution in [2.24, 2.45) is 5.73 Å². The zero-order chi connectivity index (χ0) is 25.9. The summed E-state index contributed by atoms with van der Waals surface area (Å²) < 4.78 is 28.8. The Morgan fingerprint density at radius 2 is 1.72 bits per heavy atom. The minimum absolute atomic E-state index is 0.00474. The summed E-state index contributed by atoms with van der Waals surface area (Å²) in [5.41, 5.74) is 10.7. The third-order valence-electron chi connectivity index (χ3n) is 5.75. The predicted octanol–water partition coefficient (Wildman–Crippen LogP) is 3.63. The van der Waals surface area contributed by atoms with Gasteiger partial charge in [0, 0.05) is 25.2 Å². The number of aryl methyl sites for hydroxylation is 2. The first-order valence-electron chi connectivity index (χ1n) is 11.4. The van der Waals surface area contributed by atoms with Gasteiger partial charge in [-0.25, -0.2) is 27.9 Å². The molecule has 2 aromatic carbocycles. The number of hydrogen-bond acceptors (Lipinski definition) is 6. The van der Waals surface area contributed by atoms with Gasteiger partial charge in [0.15, 0.2) is 5.65 Å². The van der Waals surface area contributed by atoms with Gasteiger partial charge >= 0.3 is 6.03 Å². The second-order valence-electron chi connectivity index (χ2n) is 8.28. The van der Waals surface area contributed by atoms with Crippen LogP contribution in [0.2, 0.25) is 5.15 Å². The van der Waals surface area contributed by atoms with E-state index in [4.69, 9.17) is 22.3 Å². The lowest BCUT2D eigenvalue weighted by molar-refractivity contribution is 0.246. The van der Waals surface area contributed by atoms with Crippen LogP contribution in [0.4, 0.5) is 4.79 Å². The molecule has 0 unspecified atom stereocenters. The average molecular weight is 527 g/mol. The Morgan fingerprint density at radius 1 is 1.06 bits per heavy atom. The van der Waals surface area contributed by atoms with Gasteiger partial charge in [-0.3, -0.25) is 4.57 Å². The molecule has 0 aliphatic heterocycles. The third kappa shape index (κ3) is 5.51. The molecule has 0 radical (unpaired) electrons. The summed E-state index contributed by atoms with van der Waals surface area (Å²) in [7, 11) is -3.97. The summed E-state index contributed by atoms with van der Waals surface area (Å²) in [6, 6.07) is 14.9. The van der Waals surface area contributed by atoms with E-state index in [9.17, 15) is 13.2 Å².